The van der Waals surface area contributed by atoms with Crippen molar-refractivity contribution < 1.29 is 31.0 Å². The zero-order valence-electron chi connectivity index (χ0n) is 6.21. The SMILES string of the molecule is CCCCCCl.[H-].[Na+]. The smallest absolute Gasteiger partial charge is 1.00 e. The summed E-state index contributed by atoms with van der Waals surface area (Å²) in [5, 5.41) is 0. The van der Waals surface area contributed by atoms with Gasteiger partial charge in [0.2, 0.25) is 0 Å². The third-order valence-electron chi connectivity index (χ3n) is 0.737. The van der Waals surface area contributed by atoms with Gasteiger partial charge in [-0.2, -0.15) is 0 Å². The molecule has 0 aromatic rings. The molecule has 0 aromatic carbocycles. The minimum absolute atomic E-state index is 0. The molecule has 0 fully saturated rings. The fourth-order valence-electron chi connectivity index (χ4n) is 0.344. The van der Waals surface area contributed by atoms with Gasteiger partial charge in [-0.3, -0.25) is 0 Å². The summed E-state index contributed by atoms with van der Waals surface area (Å²) in [5.41, 5.74) is 0. The minimum atomic E-state index is 0. The van der Waals surface area contributed by atoms with E-state index in [0.717, 1.165) is 5.88 Å². The number of unbranched alkanes of at least 4 members (excludes halogenated alkanes) is 2. The van der Waals surface area contributed by atoms with Crippen molar-refractivity contribution in [2.45, 2.75) is 26.2 Å². The number of alkyl halides is 1. The van der Waals surface area contributed by atoms with E-state index < -0.39 is 0 Å². The summed E-state index contributed by atoms with van der Waals surface area (Å²) in [5.74, 6) is 0.827. The van der Waals surface area contributed by atoms with E-state index in [1.807, 2.05) is 0 Å². The van der Waals surface area contributed by atoms with Crippen molar-refractivity contribution in [1.29, 1.82) is 0 Å². The van der Waals surface area contributed by atoms with Crippen molar-refractivity contribution in [3.05, 3.63) is 0 Å². The average Bonchev–Trinajstić information content (AvgIpc) is 1.61. The van der Waals surface area contributed by atoms with Crippen LogP contribution in [-0.4, -0.2) is 5.88 Å². The first-order valence-electron chi connectivity index (χ1n) is 2.47. The Morgan fingerprint density at radius 3 is 2.14 bits per heavy atom. The van der Waals surface area contributed by atoms with E-state index in [2.05, 4.69) is 6.92 Å². The standard InChI is InChI=1S/C5H11Cl.Na.H/c1-2-3-4-5-6;;/h2-5H2,1H3;;/q;+1;-1. The van der Waals surface area contributed by atoms with E-state index in [9.17, 15) is 0 Å². The molecule has 0 rings (SSSR count). The second-order valence-corrected chi connectivity index (χ2v) is 1.77. The molecule has 0 aliphatic rings. The van der Waals surface area contributed by atoms with Gasteiger partial charge >= 0.3 is 29.6 Å². The normalized spacial score (nSPS) is 7.71. The second kappa shape index (κ2) is 10.3. The fourth-order valence-corrected chi connectivity index (χ4v) is 0.533. The van der Waals surface area contributed by atoms with Gasteiger partial charge in [0.05, 0.1) is 0 Å². The van der Waals surface area contributed by atoms with E-state index in [1.54, 1.807) is 0 Å². The Balaban J connectivity index is -0.000000125. The monoisotopic (exact) mass is 130 g/mol. The molecule has 0 aliphatic carbocycles. The van der Waals surface area contributed by atoms with Crippen molar-refractivity contribution in [3.8, 4) is 0 Å². The van der Waals surface area contributed by atoms with Crippen LogP contribution in [0.1, 0.15) is 27.6 Å². The van der Waals surface area contributed by atoms with E-state index >= 15 is 0 Å². The maximum Gasteiger partial charge on any atom is 1.00 e. The van der Waals surface area contributed by atoms with Crippen LogP contribution < -0.4 is 29.6 Å². The zero-order chi connectivity index (χ0) is 4.83. The molecule has 0 spiro atoms. The first kappa shape index (κ1) is 11.1. The van der Waals surface area contributed by atoms with Crippen LogP contribution in [0.4, 0.5) is 0 Å². The maximum atomic E-state index is 5.38. The van der Waals surface area contributed by atoms with E-state index in [-0.39, 0.29) is 31.0 Å². The quantitative estimate of drug-likeness (QED) is 0.275. The van der Waals surface area contributed by atoms with Gasteiger partial charge in [-0.15, -0.1) is 11.6 Å². The summed E-state index contributed by atoms with van der Waals surface area (Å²) >= 11 is 5.38. The van der Waals surface area contributed by atoms with Crippen LogP contribution in [0.25, 0.3) is 0 Å². The summed E-state index contributed by atoms with van der Waals surface area (Å²) < 4.78 is 0. The second-order valence-electron chi connectivity index (χ2n) is 1.40. The van der Waals surface area contributed by atoms with Crippen molar-refractivity contribution in [1.82, 2.24) is 0 Å². The Hall–Kier alpha value is 1.29. The molecule has 0 N–H and O–H groups in total. The molecule has 0 unspecified atom stereocenters. The first-order valence-corrected chi connectivity index (χ1v) is 3.01. The Morgan fingerprint density at radius 1 is 1.43 bits per heavy atom. The summed E-state index contributed by atoms with van der Waals surface area (Å²) in [6, 6.07) is 0. The van der Waals surface area contributed by atoms with Crippen LogP contribution >= 0.6 is 11.6 Å². The summed E-state index contributed by atoms with van der Waals surface area (Å²) in [6.07, 6.45) is 3.73. The summed E-state index contributed by atoms with van der Waals surface area (Å²) in [6.45, 7) is 2.17. The van der Waals surface area contributed by atoms with Crippen LogP contribution in [0.3, 0.4) is 0 Å². The molecule has 0 amide bonds. The van der Waals surface area contributed by atoms with Gasteiger partial charge in [-0.05, 0) is 6.42 Å². The molecule has 2 heteroatoms. The number of halogens is 1. The largest absolute Gasteiger partial charge is 1.00 e. The minimum Gasteiger partial charge on any atom is -1.00 e. The summed E-state index contributed by atoms with van der Waals surface area (Å²) in [4.78, 5) is 0. The molecule has 0 aromatic heterocycles. The van der Waals surface area contributed by atoms with E-state index in [0.29, 0.717) is 0 Å². The molecule has 0 saturated carbocycles. The average molecular weight is 131 g/mol. The molecule has 0 heterocycles. The Bertz CT molecular complexity index is 24.4. The van der Waals surface area contributed by atoms with Gasteiger partial charge in [-0.1, -0.05) is 19.8 Å². The van der Waals surface area contributed by atoms with Crippen LogP contribution in [0.5, 0.6) is 0 Å². The molecule has 0 nitrogen and oxygen atoms in total. The molecule has 0 radical (unpaired) electrons. The van der Waals surface area contributed by atoms with E-state index in [1.165, 1.54) is 19.3 Å². The number of hydrogen-bond donors (Lipinski definition) is 0. The Labute approximate surface area is 74.4 Å². The predicted molar refractivity (Wildman–Crippen MR) is 31.4 cm³/mol. The molecule has 0 bridgehead atoms. The molecule has 0 aliphatic heterocycles. The van der Waals surface area contributed by atoms with Gasteiger partial charge in [-0.25, -0.2) is 0 Å². The fraction of sp³-hybridized carbons (Fsp3) is 1.00. The first-order chi connectivity index (χ1) is 2.91. The summed E-state index contributed by atoms with van der Waals surface area (Å²) in [7, 11) is 0. The van der Waals surface area contributed by atoms with Crippen molar-refractivity contribution in [2.24, 2.45) is 0 Å². The van der Waals surface area contributed by atoms with Crippen LogP contribution in [0.15, 0.2) is 0 Å². The maximum absolute atomic E-state index is 5.38. The van der Waals surface area contributed by atoms with E-state index in [4.69, 9.17) is 11.6 Å². The predicted octanol–water partition coefficient (Wildman–Crippen LogP) is -0.468. The van der Waals surface area contributed by atoms with Crippen molar-refractivity contribution >= 4 is 11.6 Å². The number of rotatable bonds is 3. The Morgan fingerprint density at radius 2 is 2.00 bits per heavy atom. The van der Waals surface area contributed by atoms with Crippen LogP contribution in [0, 0.1) is 0 Å². The van der Waals surface area contributed by atoms with Crippen LogP contribution in [0.2, 0.25) is 0 Å². The van der Waals surface area contributed by atoms with Gasteiger partial charge in [0.25, 0.3) is 0 Å². The zero-order valence-corrected chi connectivity index (χ0v) is 7.96. The molecule has 0 saturated heterocycles. The molecular formula is C5H12ClNa. The molecular weight excluding hydrogens is 118 g/mol. The van der Waals surface area contributed by atoms with Gasteiger partial charge in [0.1, 0.15) is 0 Å². The van der Waals surface area contributed by atoms with Gasteiger partial charge in [0, 0.05) is 5.88 Å². The topological polar surface area (TPSA) is 0 Å². The van der Waals surface area contributed by atoms with Crippen molar-refractivity contribution in [3.63, 3.8) is 0 Å². The number of hydrogen-bond acceptors (Lipinski definition) is 0. The molecule has 0 atom stereocenters. The third-order valence-corrected chi connectivity index (χ3v) is 1.00. The molecule has 7 heavy (non-hydrogen) atoms. The van der Waals surface area contributed by atoms with Gasteiger partial charge < -0.3 is 1.43 Å². The van der Waals surface area contributed by atoms with Crippen LogP contribution in [-0.2, 0) is 0 Å². The Kier molecular flexibility index (Phi) is 16.4. The van der Waals surface area contributed by atoms with Gasteiger partial charge in [0.15, 0.2) is 0 Å². The third kappa shape index (κ3) is 11.1. The molecule has 40 valence electrons. The van der Waals surface area contributed by atoms with Crippen molar-refractivity contribution in [2.75, 3.05) is 5.88 Å².